The molecule has 19 heavy (non-hydrogen) atoms. The lowest BCUT2D eigenvalue weighted by Crippen LogP contribution is -2.08. The van der Waals surface area contributed by atoms with Crippen LogP contribution in [0.4, 0.5) is 13.2 Å². The van der Waals surface area contributed by atoms with Crippen LogP contribution in [0, 0.1) is 17.5 Å². The molecule has 0 atom stereocenters. The molecule has 1 heterocycles. The highest BCUT2D eigenvalue weighted by Crippen LogP contribution is 2.26. The standard InChI is InChI=1S/C13H13F3N2O/c1-17-6-2-3-11-18-7-10(19-11)8-4-5-9(14)13(16)12(8)15/h4-5,7,17H,2-3,6H2,1H3. The fraction of sp³-hybridized carbons (Fsp3) is 0.308. The number of hydrogen-bond acceptors (Lipinski definition) is 3. The van der Waals surface area contributed by atoms with E-state index < -0.39 is 17.5 Å². The Balaban J connectivity index is 2.21. The third kappa shape index (κ3) is 2.96. The number of aryl methyl sites for hydroxylation is 1. The minimum atomic E-state index is -1.51. The Labute approximate surface area is 108 Å². The molecule has 3 nitrogen and oxygen atoms in total. The first-order valence-corrected chi connectivity index (χ1v) is 5.86. The van der Waals surface area contributed by atoms with Gasteiger partial charge in [-0.2, -0.15) is 0 Å². The van der Waals surface area contributed by atoms with Gasteiger partial charge < -0.3 is 9.73 Å². The molecule has 1 aromatic carbocycles. The second-order valence-corrected chi connectivity index (χ2v) is 4.05. The van der Waals surface area contributed by atoms with E-state index in [0.29, 0.717) is 12.3 Å². The van der Waals surface area contributed by atoms with E-state index in [1.807, 2.05) is 7.05 Å². The van der Waals surface area contributed by atoms with E-state index in [2.05, 4.69) is 10.3 Å². The molecule has 0 saturated heterocycles. The van der Waals surface area contributed by atoms with Crippen molar-refractivity contribution in [2.45, 2.75) is 12.8 Å². The van der Waals surface area contributed by atoms with Crippen molar-refractivity contribution in [3.05, 3.63) is 41.7 Å². The molecule has 1 aromatic heterocycles. The smallest absolute Gasteiger partial charge is 0.195 e. The quantitative estimate of drug-likeness (QED) is 0.670. The molecular formula is C13H13F3N2O. The normalized spacial score (nSPS) is 10.9. The molecule has 0 aliphatic rings. The molecule has 0 unspecified atom stereocenters. The van der Waals surface area contributed by atoms with E-state index in [0.717, 1.165) is 25.1 Å². The summed E-state index contributed by atoms with van der Waals surface area (Å²) >= 11 is 0. The Morgan fingerprint density at radius 3 is 2.74 bits per heavy atom. The molecule has 0 fully saturated rings. The summed E-state index contributed by atoms with van der Waals surface area (Å²) in [5.41, 5.74) is -0.133. The molecule has 2 rings (SSSR count). The first-order chi connectivity index (χ1) is 9.13. The topological polar surface area (TPSA) is 38.1 Å². The van der Waals surface area contributed by atoms with Gasteiger partial charge in [-0.05, 0) is 32.1 Å². The van der Waals surface area contributed by atoms with Gasteiger partial charge >= 0.3 is 0 Å². The van der Waals surface area contributed by atoms with Crippen LogP contribution in [0.1, 0.15) is 12.3 Å². The second-order valence-electron chi connectivity index (χ2n) is 4.05. The number of hydrogen-bond donors (Lipinski definition) is 1. The van der Waals surface area contributed by atoms with Gasteiger partial charge in [-0.1, -0.05) is 0 Å². The molecule has 1 N–H and O–H groups in total. The highest BCUT2D eigenvalue weighted by molar-refractivity contribution is 5.57. The first-order valence-electron chi connectivity index (χ1n) is 5.86. The predicted molar refractivity (Wildman–Crippen MR) is 64.1 cm³/mol. The summed E-state index contributed by atoms with van der Waals surface area (Å²) in [5.74, 6) is -3.47. The molecule has 0 saturated carbocycles. The predicted octanol–water partition coefficient (Wildman–Crippen LogP) is 2.91. The summed E-state index contributed by atoms with van der Waals surface area (Å²) < 4.78 is 44.8. The number of oxazole rings is 1. The highest BCUT2D eigenvalue weighted by Gasteiger charge is 2.17. The Kier molecular flexibility index (Phi) is 4.21. The molecular weight excluding hydrogens is 257 g/mol. The molecule has 102 valence electrons. The van der Waals surface area contributed by atoms with Crippen molar-refractivity contribution >= 4 is 0 Å². The zero-order valence-electron chi connectivity index (χ0n) is 10.3. The van der Waals surface area contributed by atoms with Gasteiger partial charge in [-0.15, -0.1) is 0 Å². The van der Waals surface area contributed by atoms with Crippen molar-refractivity contribution in [3.63, 3.8) is 0 Å². The van der Waals surface area contributed by atoms with Crippen LogP contribution in [0.15, 0.2) is 22.7 Å². The van der Waals surface area contributed by atoms with Crippen LogP contribution in [-0.4, -0.2) is 18.6 Å². The van der Waals surface area contributed by atoms with Gasteiger partial charge in [0.2, 0.25) is 0 Å². The number of nitrogens with one attached hydrogen (secondary N) is 1. The van der Waals surface area contributed by atoms with Crippen LogP contribution in [0.25, 0.3) is 11.3 Å². The number of nitrogens with zero attached hydrogens (tertiary/aromatic N) is 1. The molecule has 0 aliphatic heterocycles. The molecule has 0 amide bonds. The average Bonchev–Trinajstić information content (AvgIpc) is 2.85. The van der Waals surface area contributed by atoms with E-state index in [-0.39, 0.29) is 11.3 Å². The molecule has 0 radical (unpaired) electrons. The summed E-state index contributed by atoms with van der Waals surface area (Å²) in [6, 6.07) is 1.99. The first kappa shape index (κ1) is 13.6. The lowest BCUT2D eigenvalue weighted by Gasteiger charge is -2.01. The van der Waals surface area contributed by atoms with Crippen molar-refractivity contribution in [1.82, 2.24) is 10.3 Å². The van der Waals surface area contributed by atoms with E-state index in [4.69, 9.17) is 4.42 Å². The maximum Gasteiger partial charge on any atom is 0.195 e. The van der Waals surface area contributed by atoms with Crippen molar-refractivity contribution < 1.29 is 17.6 Å². The van der Waals surface area contributed by atoms with Gasteiger partial charge in [0, 0.05) is 6.42 Å². The summed E-state index contributed by atoms with van der Waals surface area (Å²) in [7, 11) is 1.83. The molecule has 6 heteroatoms. The van der Waals surface area contributed by atoms with Crippen LogP contribution in [-0.2, 0) is 6.42 Å². The van der Waals surface area contributed by atoms with E-state index in [1.54, 1.807) is 0 Å². The van der Waals surface area contributed by atoms with Gasteiger partial charge in [0.05, 0.1) is 11.8 Å². The van der Waals surface area contributed by atoms with Gasteiger partial charge in [0.1, 0.15) is 0 Å². The Morgan fingerprint density at radius 2 is 2.00 bits per heavy atom. The maximum atomic E-state index is 13.6. The molecule has 0 aliphatic carbocycles. The van der Waals surface area contributed by atoms with E-state index in [1.165, 1.54) is 6.20 Å². The molecule has 2 aromatic rings. The monoisotopic (exact) mass is 270 g/mol. The molecule has 0 bridgehead atoms. The number of rotatable bonds is 5. The number of benzene rings is 1. The minimum Gasteiger partial charge on any atom is -0.441 e. The highest BCUT2D eigenvalue weighted by atomic mass is 19.2. The minimum absolute atomic E-state index is 0.0934. The summed E-state index contributed by atoms with van der Waals surface area (Å²) in [5, 5.41) is 2.98. The van der Waals surface area contributed by atoms with Gasteiger partial charge in [0.25, 0.3) is 0 Å². The second kappa shape index (κ2) is 5.88. The van der Waals surface area contributed by atoms with E-state index in [9.17, 15) is 13.2 Å². The Morgan fingerprint density at radius 1 is 1.21 bits per heavy atom. The van der Waals surface area contributed by atoms with Crippen LogP contribution in [0.3, 0.4) is 0 Å². The van der Waals surface area contributed by atoms with Gasteiger partial charge in [-0.25, -0.2) is 18.2 Å². The van der Waals surface area contributed by atoms with Crippen LogP contribution in [0.2, 0.25) is 0 Å². The SMILES string of the molecule is CNCCCc1ncc(-c2ccc(F)c(F)c2F)o1. The van der Waals surface area contributed by atoms with Crippen molar-refractivity contribution in [2.75, 3.05) is 13.6 Å². The summed E-state index contributed by atoms with van der Waals surface area (Å²) in [6.07, 6.45) is 2.72. The van der Waals surface area contributed by atoms with Crippen LogP contribution >= 0.6 is 0 Å². The third-order valence-corrected chi connectivity index (χ3v) is 2.67. The van der Waals surface area contributed by atoms with Crippen molar-refractivity contribution in [1.29, 1.82) is 0 Å². The van der Waals surface area contributed by atoms with Crippen molar-refractivity contribution in [2.24, 2.45) is 0 Å². The fourth-order valence-corrected chi connectivity index (χ4v) is 1.68. The number of aromatic nitrogens is 1. The van der Waals surface area contributed by atoms with E-state index >= 15 is 0 Å². The summed E-state index contributed by atoms with van der Waals surface area (Å²) in [6.45, 7) is 0.803. The van der Waals surface area contributed by atoms with Crippen LogP contribution in [0.5, 0.6) is 0 Å². The van der Waals surface area contributed by atoms with Gasteiger partial charge in [0.15, 0.2) is 29.1 Å². The van der Waals surface area contributed by atoms with Gasteiger partial charge in [-0.3, -0.25) is 0 Å². The zero-order chi connectivity index (χ0) is 13.8. The average molecular weight is 270 g/mol. The Hall–Kier alpha value is -1.82. The van der Waals surface area contributed by atoms with Crippen molar-refractivity contribution in [3.8, 4) is 11.3 Å². The summed E-state index contributed by atoms with van der Waals surface area (Å²) in [4.78, 5) is 3.98. The zero-order valence-corrected chi connectivity index (χ0v) is 10.3. The lowest BCUT2D eigenvalue weighted by atomic mass is 10.1. The third-order valence-electron chi connectivity index (χ3n) is 2.67. The molecule has 0 spiro atoms. The largest absolute Gasteiger partial charge is 0.441 e. The maximum absolute atomic E-state index is 13.6. The lowest BCUT2D eigenvalue weighted by molar-refractivity contribution is 0.443. The number of halogens is 3. The van der Waals surface area contributed by atoms with Crippen LogP contribution < -0.4 is 5.32 Å². The Bertz CT molecular complexity index is 569. The fourth-order valence-electron chi connectivity index (χ4n) is 1.68.